The van der Waals surface area contributed by atoms with Gasteiger partial charge < -0.3 is 9.80 Å². The Kier molecular flexibility index (Phi) is 3.90. The minimum absolute atomic E-state index is 0.110. The second kappa shape index (κ2) is 4.99. The van der Waals surface area contributed by atoms with Crippen LogP contribution in [0, 0.1) is 0 Å². The minimum Gasteiger partial charge on any atom is -0.304 e. The maximum atomic E-state index is 12.9. The fourth-order valence-electron chi connectivity index (χ4n) is 1.83. The molecule has 0 aromatic rings. The van der Waals surface area contributed by atoms with E-state index >= 15 is 0 Å². The van der Waals surface area contributed by atoms with Crippen molar-refractivity contribution in [3.05, 3.63) is 0 Å². The van der Waals surface area contributed by atoms with E-state index in [1.54, 1.807) is 0 Å². The van der Waals surface area contributed by atoms with Gasteiger partial charge in [0.1, 0.15) is 6.17 Å². The van der Waals surface area contributed by atoms with Crippen LogP contribution in [0.25, 0.3) is 0 Å². The quantitative estimate of drug-likeness (QED) is 0.569. The highest BCUT2D eigenvalue weighted by atomic mass is 127. The zero-order chi connectivity index (χ0) is 9.97. The Morgan fingerprint density at radius 1 is 1.36 bits per heavy atom. The van der Waals surface area contributed by atoms with E-state index in [1.807, 2.05) is 4.01 Å². The normalized spacial score (nSPS) is 35.0. The maximum Gasteiger partial charge on any atom is 0.135 e. The molecule has 0 spiro atoms. The summed E-state index contributed by atoms with van der Waals surface area (Å²) in [6.07, 6.45) is 0.532. The highest BCUT2D eigenvalue weighted by Crippen LogP contribution is 2.28. The van der Waals surface area contributed by atoms with E-state index < -0.39 is 6.17 Å². The summed E-state index contributed by atoms with van der Waals surface area (Å²) in [7, 11) is 2.17. The molecule has 2 aliphatic heterocycles. The van der Waals surface area contributed by atoms with Crippen LogP contribution in [-0.4, -0.2) is 63.7 Å². The average molecular weight is 312 g/mol. The molecular formula is C10H18FIN2. The number of halogens is 2. The lowest BCUT2D eigenvalue weighted by molar-refractivity contribution is 0.151. The summed E-state index contributed by atoms with van der Waals surface area (Å²) in [5.41, 5.74) is 0. The number of alkyl halides is 2. The van der Waals surface area contributed by atoms with Gasteiger partial charge in [-0.3, -0.25) is 0 Å². The second-order valence-corrected chi connectivity index (χ2v) is 7.18. The first-order valence-corrected chi connectivity index (χ1v) is 7.75. The molecule has 0 amide bonds. The Bertz CT molecular complexity index is 214. The van der Waals surface area contributed by atoms with Crippen LogP contribution < -0.4 is 0 Å². The lowest BCUT2D eigenvalue weighted by Gasteiger charge is -2.33. The van der Waals surface area contributed by atoms with Crippen LogP contribution in [0.15, 0.2) is 0 Å². The van der Waals surface area contributed by atoms with Gasteiger partial charge in [-0.1, -0.05) is 0 Å². The van der Waals surface area contributed by atoms with Crippen molar-refractivity contribution in [1.82, 2.24) is 9.80 Å². The number of hydrogen-bond acceptors (Lipinski definition) is 2. The molecular weight excluding hydrogens is 294 g/mol. The van der Waals surface area contributed by atoms with Gasteiger partial charge in [0.05, 0.1) is 0 Å². The Morgan fingerprint density at radius 2 is 2.07 bits per heavy atom. The molecule has 0 radical (unpaired) electrons. The Labute approximate surface area is 95.2 Å². The van der Waals surface area contributed by atoms with Crippen molar-refractivity contribution in [1.29, 1.82) is 0 Å². The van der Waals surface area contributed by atoms with Crippen LogP contribution >= 0.6 is 20.7 Å². The molecule has 2 atom stereocenters. The third kappa shape index (κ3) is 2.73. The molecule has 1 unspecified atom stereocenters. The Balaban J connectivity index is 1.64. The molecule has 0 saturated carbocycles. The number of piperazine rings is 1. The molecule has 1 saturated heterocycles. The molecule has 4 heteroatoms. The number of likely N-dealkylation sites (N-methyl/N-ethyl adjacent to an activating group) is 1. The number of nitrogens with zero attached hydrogens (tertiary/aromatic N) is 2. The fraction of sp³-hybridized carbons (Fsp3) is 0.900. The zero-order valence-electron chi connectivity index (χ0n) is 8.63. The van der Waals surface area contributed by atoms with Gasteiger partial charge in [-0.2, -0.15) is 0 Å². The third-order valence-corrected chi connectivity index (χ3v) is 6.35. The Morgan fingerprint density at radius 3 is 2.57 bits per heavy atom. The predicted octanol–water partition coefficient (Wildman–Crippen LogP) is 1.12. The molecule has 0 aliphatic carbocycles. The largest absolute Gasteiger partial charge is 0.304 e. The lowest BCUT2D eigenvalue weighted by atomic mass is 10.2. The van der Waals surface area contributed by atoms with E-state index in [4.69, 9.17) is 0 Å². The standard InChI is InChI=1S/C10H18FIN2/c1-13-4-6-14(7-5-13)3-2-10-9(11)8-12-10/h8-10H,2-7H2,1H3/t9?,10-/m1/s1. The summed E-state index contributed by atoms with van der Waals surface area (Å²) in [6, 6.07) is 0. The van der Waals surface area contributed by atoms with E-state index in [-0.39, 0.29) is 20.7 Å². The van der Waals surface area contributed by atoms with Gasteiger partial charge in [0.15, 0.2) is 0 Å². The van der Waals surface area contributed by atoms with E-state index in [0.717, 1.165) is 13.0 Å². The molecule has 1 fully saturated rings. The van der Waals surface area contributed by atoms with E-state index in [1.165, 1.54) is 26.2 Å². The van der Waals surface area contributed by atoms with Crippen molar-refractivity contribution < 1.29 is 4.39 Å². The minimum atomic E-state index is -0.560. The van der Waals surface area contributed by atoms with Gasteiger partial charge in [-0.25, -0.2) is 4.39 Å². The summed E-state index contributed by atoms with van der Waals surface area (Å²) in [5.74, 6) is 0. The fourth-order valence-corrected chi connectivity index (χ4v) is 3.78. The van der Waals surface area contributed by atoms with Crippen molar-refractivity contribution in [2.45, 2.75) is 16.5 Å². The van der Waals surface area contributed by atoms with Crippen LogP contribution in [0.4, 0.5) is 4.39 Å². The Hall–Kier alpha value is 0.450. The van der Waals surface area contributed by atoms with Crippen molar-refractivity contribution >= 4 is 24.7 Å². The van der Waals surface area contributed by atoms with Gasteiger partial charge in [0.25, 0.3) is 0 Å². The highest BCUT2D eigenvalue weighted by molar-refractivity contribution is 14.2. The summed E-state index contributed by atoms with van der Waals surface area (Å²) in [4.78, 5) is 4.84. The number of rotatable bonds is 3. The first kappa shape index (κ1) is 11.0. The van der Waals surface area contributed by atoms with Crippen molar-refractivity contribution in [3.63, 3.8) is 0 Å². The van der Waals surface area contributed by atoms with Gasteiger partial charge in [-0.05, 0) is 24.0 Å². The molecule has 14 heavy (non-hydrogen) atoms. The molecule has 2 heterocycles. The van der Waals surface area contributed by atoms with Gasteiger partial charge >= 0.3 is 0 Å². The van der Waals surface area contributed by atoms with E-state index in [0.29, 0.717) is 3.92 Å². The predicted molar refractivity (Wildman–Crippen MR) is 67.3 cm³/mol. The topological polar surface area (TPSA) is 6.48 Å². The van der Waals surface area contributed by atoms with E-state index in [9.17, 15) is 4.39 Å². The van der Waals surface area contributed by atoms with Gasteiger partial charge in [-0.15, -0.1) is 20.7 Å². The summed E-state index contributed by atoms with van der Waals surface area (Å²) >= 11 is 0.110. The first-order chi connectivity index (χ1) is 6.75. The zero-order valence-corrected chi connectivity index (χ0v) is 10.8. The lowest BCUT2D eigenvalue weighted by Crippen LogP contribution is -2.45. The smallest absolute Gasteiger partial charge is 0.135 e. The van der Waals surface area contributed by atoms with Gasteiger partial charge in [0, 0.05) is 30.1 Å². The van der Waals surface area contributed by atoms with Crippen LogP contribution in [0.3, 0.4) is 0 Å². The molecule has 0 bridgehead atoms. The monoisotopic (exact) mass is 312 g/mol. The van der Waals surface area contributed by atoms with Crippen LogP contribution in [0.2, 0.25) is 0 Å². The number of hydrogen-bond donors (Lipinski definition) is 0. The van der Waals surface area contributed by atoms with Crippen LogP contribution in [0.1, 0.15) is 6.42 Å². The molecule has 2 rings (SSSR count). The summed E-state index contributed by atoms with van der Waals surface area (Å²) in [6.45, 7) is 5.80. The SMILES string of the molecule is CN1CCN(CC[C@H]2I=CC2F)CC1. The summed E-state index contributed by atoms with van der Waals surface area (Å²) < 4.78 is 15.3. The molecule has 82 valence electrons. The average Bonchev–Trinajstić information content (AvgIpc) is 2.19. The van der Waals surface area contributed by atoms with Crippen molar-refractivity contribution in [2.75, 3.05) is 39.8 Å². The van der Waals surface area contributed by atoms with Crippen LogP contribution in [0.5, 0.6) is 0 Å². The first-order valence-electron chi connectivity index (χ1n) is 5.26. The maximum absolute atomic E-state index is 12.9. The van der Waals surface area contributed by atoms with E-state index in [2.05, 4.69) is 16.8 Å². The molecule has 0 aromatic heterocycles. The third-order valence-electron chi connectivity index (χ3n) is 3.02. The molecule has 0 aromatic carbocycles. The second-order valence-electron chi connectivity index (χ2n) is 4.15. The molecule has 2 aliphatic rings. The van der Waals surface area contributed by atoms with Gasteiger partial charge in [0.2, 0.25) is 0 Å². The van der Waals surface area contributed by atoms with Crippen molar-refractivity contribution in [3.8, 4) is 0 Å². The highest BCUT2D eigenvalue weighted by Gasteiger charge is 2.25. The van der Waals surface area contributed by atoms with Crippen molar-refractivity contribution in [2.24, 2.45) is 0 Å². The summed E-state index contributed by atoms with van der Waals surface area (Å²) in [5, 5.41) is 0. The van der Waals surface area contributed by atoms with Crippen LogP contribution in [-0.2, 0) is 0 Å². The molecule has 0 N–H and O–H groups in total. The molecule has 2 nitrogen and oxygen atoms in total.